The molecule has 0 N–H and O–H groups in total. The summed E-state index contributed by atoms with van der Waals surface area (Å²) in [5.74, 6) is 0. The first-order chi connectivity index (χ1) is 5.65. The summed E-state index contributed by atoms with van der Waals surface area (Å²) in [6.45, 7) is 4.51. The van der Waals surface area contributed by atoms with Crippen LogP contribution in [-0.2, 0) is 0 Å². The highest BCUT2D eigenvalue weighted by molar-refractivity contribution is 6.20. The van der Waals surface area contributed by atoms with Gasteiger partial charge in [-0.2, -0.15) is 0 Å². The van der Waals surface area contributed by atoms with E-state index in [1.807, 2.05) is 0 Å². The Labute approximate surface area is 81.7 Å². The zero-order chi connectivity index (χ0) is 9.03. The monoisotopic (exact) mass is 188 g/mol. The molecule has 1 saturated carbocycles. The molecule has 0 bridgehead atoms. The summed E-state index contributed by atoms with van der Waals surface area (Å²) in [6, 6.07) is 0. The van der Waals surface area contributed by atoms with Gasteiger partial charge in [-0.25, -0.2) is 0 Å². The van der Waals surface area contributed by atoms with Gasteiger partial charge in [-0.3, -0.25) is 0 Å². The van der Waals surface area contributed by atoms with E-state index in [4.69, 9.17) is 11.6 Å². The molecule has 0 saturated heterocycles. The highest BCUT2D eigenvalue weighted by atomic mass is 35.5. The Hall–Kier alpha value is 0.290. The number of hydrogen-bond donors (Lipinski definition) is 0. The second-order valence-corrected chi connectivity index (χ2v) is 5.19. The van der Waals surface area contributed by atoms with Crippen LogP contribution in [0.3, 0.4) is 0 Å². The van der Waals surface area contributed by atoms with Gasteiger partial charge in [0.15, 0.2) is 0 Å². The van der Waals surface area contributed by atoms with Crippen LogP contribution in [0, 0.1) is 5.41 Å². The molecule has 0 spiro atoms. The molecule has 0 nitrogen and oxygen atoms in total. The van der Waals surface area contributed by atoms with Crippen molar-refractivity contribution in [2.45, 2.75) is 64.2 Å². The smallest absolute Gasteiger partial charge is 0.0361 e. The van der Waals surface area contributed by atoms with Crippen LogP contribution >= 0.6 is 11.6 Å². The topological polar surface area (TPSA) is 0 Å². The van der Waals surface area contributed by atoms with Crippen molar-refractivity contribution in [1.82, 2.24) is 0 Å². The fourth-order valence-corrected chi connectivity index (χ4v) is 2.33. The van der Waals surface area contributed by atoms with E-state index >= 15 is 0 Å². The highest BCUT2D eigenvalue weighted by Gasteiger charge is 2.29. The predicted molar refractivity (Wildman–Crippen MR) is 55.7 cm³/mol. The van der Waals surface area contributed by atoms with Crippen molar-refractivity contribution >= 4 is 11.6 Å². The maximum Gasteiger partial charge on any atom is 0.0361 e. The fraction of sp³-hybridized carbons (Fsp3) is 1.00. The van der Waals surface area contributed by atoms with Crippen LogP contribution in [0.1, 0.15) is 58.8 Å². The van der Waals surface area contributed by atoms with Crippen LogP contribution in [0.15, 0.2) is 0 Å². The molecule has 1 heteroatoms. The van der Waals surface area contributed by atoms with Crippen molar-refractivity contribution in [3.8, 4) is 0 Å². The second kappa shape index (κ2) is 4.50. The molecular formula is C11H21Cl. The summed E-state index contributed by atoms with van der Waals surface area (Å²) < 4.78 is 0. The van der Waals surface area contributed by atoms with E-state index in [2.05, 4.69) is 13.8 Å². The van der Waals surface area contributed by atoms with E-state index < -0.39 is 0 Å². The SMILES string of the molecule is CC(Cl)C1(C)CCCCCCC1. The van der Waals surface area contributed by atoms with E-state index in [1.165, 1.54) is 44.9 Å². The van der Waals surface area contributed by atoms with Crippen LogP contribution in [0.4, 0.5) is 0 Å². The molecule has 0 aromatic rings. The van der Waals surface area contributed by atoms with Crippen molar-refractivity contribution in [1.29, 1.82) is 0 Å². The van der Waals surface area contributed by atoms with Gasteiger partial charge in [0.1, 0.15) is 0 Å². The Bertz CT molecular complexity index is 121. The average molecular weight is 189 g/mol. The minimum absolute atomic E-state index is 0.343. The van der Waals surface area contributed by atoms with Crippen molar-refractivity contribution < 1.29 is 0 Å². The van der Waals surface area contributed by atoms with Gasteiger partial charge < -0.3 is 0 Å². The summed E-state index contributed by atoms with van der Waals surface area (Å²) in [7, 11) is 0. The Morgan fingerprint density at radius 3 is 1.83 bits per heavy atom. The molecule has 0 amide bonds. The number of rotatable bonds is 1. The van der Waals surface area contributed by atoms with Gasteiger partial charge in [0.2, 0.25) is 0 Å². The molecule has 1 aliphatic rings. The van der Waals surface area contributed by atoms with E-state index in [9.17, 15) is 0 Å². The van der Waals surface area contributed by atoms with Crippen molar-refractivity contribution in [3.63, 3.8) is 0 Å². The molecule has 1 fully saturated rings. The summed E-state index contributed by atoms with van der Waals surface area (Å²) in [6.07, 6.45) is 9.70. The standard InChI is InChI=1S/C11H21Cl/c1-10(12)11(2)8-6-4-3-5-7-9-11/h10H,3-9H2,1-2H3. The summed E-state index contributed by atoms with van der Waals surface area (Å²) in [5, 5.41) is 0.343. The lowest BCUT2D eigenvalue weighted by atomic mass is 9.76. The van der Waals surface area contributed by atoms with Gasteiger partial charge in [-0.15, -0.1) is 11.6 Å². The highest BCUT2D eigenvalue weighted by Crippen LogP contribution is 2.38. The predicted octanol–water partition coefficient (Wildman–Crippen LogP) is 4.36. The lowest BCUT2D eigenvalue weighted by Crippen LogP contribution is -2.26. The molecular weight excluding hydrogens is 168 g/mol. The first kappa shape index (κ1) is 10.4. The Balaban J connectivity index is 2.48. The summed E-state index contributed by atoms with van der Waals surface area (Å²) in [5.41, 5.74) is 0.419. The zero-order valence-corrected chi connectivity index (χ0v) is 9.16. The fourth-order valence-electron chi connectivity index (χ4n) is 2.11. The molecule has 0 aliphatic heterocycles. The van der Waals surface area contributed by atoms with Crippen LogP contribution in [0.5, 0.6) is 0 Å². The van der Waals surface area contributed by atoms with Crippen molar-refractivity contribution in [3.05, 3.63) is 0 Å². The lowest BCUT2D eigenvalue weighted by molar-refractivity contribution is 0.233. The maximum atomic E-state index is 6.22. The van der Waals surface area contributed by atoms with E-state index in [0.29, 0.717) is 10.8 Å². The van der Waals surface area contributed by atoms with E-state index in [0.717, 1.165) is 0 Å². The molecule has 0 heterocycles. The van der Waals surface area contributed by atoms with Gasteiger partial charge >= 0.3 is 0 Å². The zero-order valence-electron chi connectivity index (χ0n) is 8.41. The number of halogens is 1. The Morgan fingerprint density at radius 2 is 1.42 bits per heavy atom. The lowest BCUT2D eigenvalue weighted by Gasteiger charge is -2.34. The molecule has 0 radical (unpaired) electrons. The van der Waals surface area contributed by atoms with Gasteiger partial charge in [0.05, 0.1) is 0 Å². The van der Waals surface area contributed by atoms with Gasteiger partial charge in [0, 0.05) is 5.38 Å². The third-order valence-corrected chi connectivity index (χ3v) is 3.98. The van der Waals surface area contributed by atoms with Gasteiger partial charge in [-0.1, -0.05) is 39.0 Å². The van der Waals surface area contributed by atoms with E-state index in [-0.39, 0.29) is 0 Å². The Kier molecular flexibility index (Phi) is 3.89. The number of hydrogen-bond acceptors (Lipinski definition) is 0. The van der Waals surface area contributed by atoms with Crippen LogP contribution in [0.25, 0.3) is 0 Å². The number of alkyl halides is 1. The first-order valence-electron chi connectivity index (χ1n) is 5.29. The largest absolute Gasteiger partial charge is 0.123 e. The molecule has 0 aromatic carbocycles. The third-order valence-electron chi connectivity index (χ3n) is 3.46. The normalized spacial score (nSPS) is 27.2. The molecule has 1 rings (SSSR count). The first-order valence-corrected chi connectivity index (χ1v) is 5.73. The van der Waals surface area contributed by atoms with Gasteiger partial charge in [0.25, 0.3) is 0 Å². The van der Waals surface area contributed by atoms with Crippen LogP contribution in [0.2, 0.25) is 0 Å². The van der Waals surface area contributed by atoms with Crippen LogP contribution < -0.4 is 0 Å². The molecule has 0 aromatic heterocycles. The summed E-state index contributed by atoms with van der Waals surface area (Å²) in [4.78, 5) is 0. The van der Waals surface area contributed by atoms with Crippen LogP contribution in [-0.4, -0.2) is 5.38 Å². The minimum atomic E-state index is 0.343. The molecule has 72 valence electrons. The van der Waals surface area contributed by atoms with E-state index in [1.54, 1.807) is 0 Å². The quantitative estimate of drug-likeness (QED) is 0.537. The Morgan fingerprint density at radius 1 is 1.00 bits per heavy atom. The maximum absolute atomic E-state index is 6.22. The molecule has 1 unspecified atom stereocenters. The average Bonchev–Trinajstić information content (AvgIpc) is 1.97. The van der Waals surface area contributed by atoms with Crippen molar-refractivity contribution in [2.75, 3.05) is 0 Å². The third kappa shape index (κ3) is 2.65. The minimum Gasteiger partial charge on any atom is -0.123 e. The second-order valence-electron chi connectivity index (χ2n) is 4.54. The molecule has 1 atom stereocenters. The molecule has 12 heavy (non-hydrogen) atoms. The summed E-state index contributed by atoms with van der Waals surface area (Å²) >= 11 is 6.22. The van der Waals surface area contributed by atoms with Gasteiger partial charge in [-0.05, 0) is 25.2 Å². The van der Waals surface area contributed by atoms with Crippen molar-refractivity contribution in [2.24, 2.45) is 5.41 Å². The molecule has 1 aliphatic carbocycles.